The minimum absolute atomic E-state index is 0.0959. The van der Waals surface area contributed by atoms with E-state index in [1.807, 2.05) is 36.4 Å². The lowest BCUT2D eigenvalue weighted by Crippen LogP contribution is -2.41. The molecular formula is C20H23ClN2O3. The van der Waals surface area contributed by atoms with Crippen LogP contribution in [0.25, 0.3) is 0 Å². The Morgan fingerprint density at radius 2 is 1.96 bits per heavy atom. The number of rotatable bonds is 7. The van der Waals surface area contributed by atoms with Crippen LogP contribution in [0.15, 0.2) is 48.5 Å². The molecule has 1 heterocycles. The average Bonchev–Trinajstić information content (AvgIpc) is 2.68. The van der Waals surface area contributed by atoms with Crippen LogP contribution in [0.3, 0.4) is 0 Å². The largest absolute Gasteiger partial charge is 0.489 e. The molecule has 1 aliphatic heterocycles. The summed E-state index contributed by atoms with van der Waals surface area (Å²) in [6, 6.07) is 14.7. The summed E-state index contributed by atoms with van der Waals surface area (Å²) in [6.45, 7) is 5.17. The Balaban J connectivity index is 1.49. The molecule has 2 aromatic rings. The highest BCUT2D eigenvalue weighted by Crippen LogP contribution is 2.19. The number of benzene rings is 2. The maximum Gasteiger partial charge on any atom is 0.251 e. The molecule has 1 fully saturated rings. The molecule has 138 valence electrons. The highest BCUT2D eigenvalue weighted by atomic mass is 35.5. The third-order valence-electron chi connectivity index (χ3n) is 4.27. The van der Waals surface area contributed by atoms with Gasteiger partial charge in [-0.25, -0.2) is 0 Å². The van der Waals surface area contributed by atoms with E-state index < -0.39 is 0 Å². The maximum absolute atomic E-state index is 12.3. The van der Waals surface area contributed by atoms with Gasteiger partial charge in [0.25, 0.3) is 5.91 Å². The standard InChI is InChI=1S/C20H23ClN2O3/c21-19-7-2-1-4-17(19)15-26-18-6-3-5-16(14-18)20(24)22-8-9-23-10-12-25-13-11-23/h1-7,14H,8-13,15H2,(H,22,24). The van der Waals surface area contributed by atoms with Crippen LogP contribution in [0.1, 0.15) is 15.9 Å². The van der Waals surface area contributed by atoms with Crippen molar-refractivity contribution in [2.24, 2.45) is 0 Å². The number of amides is 1. The summed E-state index contributed by atoms with van der Waals surface area (Å²) < 4.78 is 11.1. The van der Waals surface area contributed by atoms with Crippen molar-refractivity contribution in [3.05, 3.63) is 64.7 Å². The second-order valence-corrected chi connectivity index (χ2v) is 6.53. The van der Waals surface area contributed by atoms with Crippen molar-refractivity contribution in [1.29, 1.82) is 0 Å². The molecule has 0 unspecified atom stereocenters. The quantitative estimate of drug-likeness (QED) is 0.809. The van der Waals surface area contributed by atoms with E-state index in [0.29, 0.717) is 29.5 Å². The summed E-state index contributed by atoms with van der Waals surface area (Å²) in [4.78, 5) is 14.6. The Bertz CT molecular complexity index is 733. The summed E-state index contributed by atoms with van der Waals surface area (Å²) in [5.41, 5.74) is 1.50. The smallest absolute Gasteiger partial charge is 0.251 e. The van der Waals surface area contributed by atoms with Crippen LogP contribution in [-0.2, 0) is 11.3 Å². The Labute approximate surface area is 158 Å². The average molecular weight is 375 g/mol. The number of nitrogens with one attached hydrogen (secondary N) is 1. The number of morpholine rings is 1. The first kappa shape index (κ1) is 18.7. The van der Waals surface area contributed by atoms with Gasteiger partial charge in [-0.05, 0) is 24.3 Å². The second-order valence-electron chi connectivity index (χ2n) is 6.12. The fourth-order valence-corrected chi connectivity index (χ4v) is 2.95. The molecule has 0 bridgehead atoms. The highest BCUT2D eigenvalue weighted by Gasteiger charge is 2.11. The van der Waals surface area contributed by atoms with Crippen molar-refractivity contribution in [3.8, 4) is 5.75 Å². The molecule has 0 saturated carbocycles. The third-order valence-corrected chi connectivity index (χ3v) is 4.63. The Hall–Kier alpha value is -2.08. The Morgan fingerprint density at radius 3 is 2.77 bits per heavy atom. The molecule has 0 atom stereocenters. The van der Waals surface area contributed by atoms with E-state index >= 15 is 0 Å². The van der Waals surface area contributed by atoms with E-state index in [9.17, 15) is 4.79 Å². The van der Waals surface area contributed by atoms with Crippen LogP contribution < -0.4 is 10.1 Å². The summed E-state index contributed by atoms with van der Waals surface area (Å²) in [5.74, 6) is 0.548. The molecule has 1 aliphatic rings. The first-order chi connectivity index (χ1) is 12.7. The van der Waals surface area contributed by atoms with Crippen molar-refractivity contribution >= 4 is 17.5 Å². The molecule has 0 spiro atoms. The molecule has 5 nitrogen and oxygen atoms in total. The van der Waals surface area contributed by atoms with Gasteiger partial charge in [0.2, 0.25) is 0 Å². The minimum Gasteiger partial charge on any atom is -0.489 e. The molecule has 1 saturated heterocycles. The molecule has 0 aliphatic carbocycles. The Kier molecular flexibility index (Phi) is 6.89. The van der Waals surface area contributed by atoms with E-state index in [2.05, 4.69) is 10.2 Å². The SMILES string of the molecule is O=C(NCCN1CCOCC1)c1cccc(OCc2ccccc2Cl)c1. The third kappa shape index (κ3) is 5.46. The normalized spacial score (nSPS) is 14.8. The topological polar surface area (TPSA) is 50.8 Å². The molecule has 1 amide bonds. The van der Waals surface area contributed by atoms with E-state index in [-0.39, 0.29) is 5.91 Å². The van der Waals surface area contributed by atoms with Gasteiger partial charge >= 0.3 is 0 Å². The van der Waals surface area contributed by atoms with Crippen molar-refractivity contribution < 1.29 is 14.3 Å². The van der Waals surface area contributed by atoms with Crippen molar-refractivity contribution in [3.63, 3.8) is 0 Å². The van der Waals surface area contributed by atoms with Gasteiger partial charge in [0.15, 0.2) is 0 Å². The zero-order chi connectivity index (χ0) is 18.2. The zero-order valence-corrected chi connectivity index (χ0v) is 15.4. The number of ether oxygens (including phenoxy) is 2. The van der Waals surface area contributed by atoms with Gasteiger partial charge in [0, 0.05) is 42.3 Å². The first-order valence-corrected chi connectivity index (χ1v) is 9.15. The van der Waals surface area contributed by atoms with Crippen LogP contribution in [0.2, 0.25) is 5.02 Å². The number of nitrogens with zero attached hydrogens (tertiary/aromatic N) is 1. The van der Waals surface area contributed by atoms with Crippen molar-refractivity contribution in [2.75, 3.05) is 39.4 Å². The number of carbonyl (C=O) groups is 1. The molecule has 0 aromatic heterocycles. The van der Waals surface area contributed by atoms with Crippen LogP contribution >= 0.6 is 11.6 Å². The summed E-state index contributed by atoms with van der Waals surface area (Å²) in [6.07, 6.45) is 0. The highest BCUT2D eigenvalue weighted by molar-refractivity contribution is 6.31. The van der Waals surface area contributed by atoms with E-state index in [1.54, 1.807) is 12.1 Å². The number of carbonyl (C=O) groups excluding carboxylic acids is 1. The van der Waals surface area contributed by atoms with Crippen molar-refractivity contribution in [1.82, 2.24) is 10.2 Å². The molecule has 3 rings (SSSR count). The van der Waals surface area contributed by atoms with Crippen LogP contribution in [0, 0.1) is 0 Å². The maximum atomic E-state index is 12.3. The van der Waals surface area contributed by atoms with E-state index in [4.69, 9.17) is 21.1 Å². The van der Waals surface area contributed by atoms with Gasteiger partial charge in [-0.2, -0.15) is 0 Å². The van der Waals surface area contributed by atoms with E-state index in [0.717, 1.165) is 38.4 Å². The van der Waals surface area contributed by atoms with Crippen LogP contribution in [0.5, 0.6) is 5.75 Å². The van der Waals surface area contributed by atoms with Gasteiger partial charge in [-0.15, -0.1) is 0 Å². The van der Waals surface area contributed by atoms with Crippen LogP contribution in [0.4, 0.5) is 0 Å². The van der Waals surface area contributed by atoms with Gasteiger partial charge in [0.1, 0.15) is 12.4 Å². The number of hydrogen-bond donors (Lipinski definition) is 1. The lowest BCUT2D eigenvalue weighted by molar-refractivity contribution is 0.0383. The van der Waals surface area contributed by atoms with E-state index in [1.165, 1.54) is 0 Å². The molecule has 0 radical (unpaired) electrons. The lowest BCUT2D eigenvalue weighted by Gasteiger charge is -2.26. The van der Waals surface area contributed by atoms with Crippen LogP contribution in [-0.4, -0.2) is 50.2 Å². The monoisotopic (exact) mass is 374 g/mol. The van der Waals surface area contributed by atoms with Gasteiger partial charge in [-0.1, -0.05) is 35.9 Å². The molecule has 1 N–H and O–H groups in total. The van der Waals surface area contributed by atoms with Crippen molar-refractivity contribution in [2.45, 2.75) is 6.61 Å². The Morgan fingerprint density at radius 1 is 1.15 bits per heavy atom. The fraction of sp³-hybridized carbons (Fsp3) is 0.350. The lowest BCUT2D eigenvalue weighted by atomic mass is 10.2. The summed E-state index contributed by atoms with van der Waals surface area (Å²) in [5, 5.41) is 3.63. The van der Waals surface area contributed by atoms with Gasteiger partial charge in [0.05, 0.1) is 13.2 Å². The summed E-state index contributed by atoms with van der Waals surface area (Å²) in [7, 11) is 0. The number of halogens is 1. The molecule has 6 heteroatoms. The minimum atomic E-state index is -0.0959. The molecule has 2 aromatic carbocycles. The summed E-state index contributed by atoms with van der Waals surface area (Å²) >= 11 is 6.14. The number of hydrogen-bond acceptors (Lipinski definition) is 4. The van der Waals surface area contributed by atoms with Gasteiger partial charge in [-0.3, -0.25) is 9.69 Å². The fourth-order valence-electron chi connectivity index (χ4n) is 2.76. The first-order valence-electron chi connectivity index (χ1n) is 8.77. The predicted molar refractivity (Wildman–Crippen MR) is 102 cm³/mol. The second kappa shape index (κ2) is 9.57. The molecule has 26 heavy (non-hydrogen) atoms. The molecular weight excluding hydrogens is 352 g/mol. The zero-order valence-electron chi connectivity index (χ0n) is 14.6. The predicted octanol–water partition coefficient (Wildman–Crippen LogP) is 2.98. The van der Waals surface area contributed by atoms with Gasteiger partial charge < -0.3 is 14.8 Å².